The molecule has 2 aromatic rings. The third kappa shape index (κ3) is 5.87. The number of urea groups is 1. The van der Waals surface area contributed by atoms with Crippen molar-refractivity contribution < 1.29 is 14.3 Å². The number of aryl methyl sites for hydroxylation is 1. The molecule has 0 atom stereocenters. The Hall–Kier alpha value is -2.73. The fraction of sp³-hybridized carbons (Fsp3) is 0.435. The van der Waals surface area contributed by atoms with Crippen molar-refractivity contribution in [2.75, 3.05) is 46.9 Å². The van der Waals surface area contributed by atoms with Crippen LogP contribution in [-0.2, 0) is 13.0 Å². The molecule has 156 valence electrons. The topological polar surface area (TPSA) is 54.0 Å². The molecule has 6 nitrogen and oxygen atoms in total. The Kier molecular flexibility index (Phi) is 7.36. The molecule has 1 saturated heterocycles. The zero-order valence-electron chi connectivity index (χ0n) is 17.6. The molecule has 0 bridgehead atoms. The molecule has 1 aliphatic rings. The van der Waals surface area contributed by atoms with Gasteiger partial charge in [-0.1, -0.05) is 29.8 Å². The second-order valence-corrected chi connectivity index (χ2v) is 7.41. The third-order valence-corrected chi connectivity index (χ3v) is 5.31. The molecule has 29 heavy (non-hydrogen) atoms. The Morgan fingerprint density at radius 1 is 1.03 bits per heavy atom. The number of carbonyl (C=O) groups is 1. The van der Waals surface area contributed by atoms with Gasteiger partial charge in [-0.05, 0) is 37.1 Å². The molecule has 2 amide bonds. The zero-order chi connectivity index (χ0) is 20.6. The molecule has 1 heterocycles. The van der Waals surface area contributed by atoms with Gasteiger partial charge in [-0.3, -0.25) is 4.90 Å². The number of hydrogen-bond acceptors (Lipinski definition) is 4. The Labute approximate surface area is 173 Å². The Bertz CT molecular complexity index is 817. The third-order valence-electron chi connectivity index (χ3n) is 5.31. The second-order valence-electron chi connectivity index (χ2n) is 7.41. The molecular weight excluding hydrogens is 366 g/mol. The van der Waals surface area contributed by atoms with Gasteiger partial charge >= 0.3 is 6.03 Å². The first-order valence-electron chi connectivity index (χ1n) is 10.1. The van der Waals surface area contributed by atoms with Crippen molar-refractivity contribution in [3.63, 3.8) is 0 Å². The van der Waals surface area contributed by atoms with Crippen LogP contribution < -0.4 is 14.8 Å². The van der Waals surface area contributed by atoms with Crippen LogP contribution in [0.25, 0.3) is 0 Å². The quantitative estimate of drug-likeness (QED) is 0.780. The van der Waals surface area contributed by atoms with Gasteiger partial charge in [0.15, 0.2) is 0 Å². The lowest BCUT2D eigenvalue weighted by Crippen LogP contribution is -2.51. The zero-order valence-corrected chi connectivity index (χ0v) is 17.6. The fourth-order valence-electron chi connectivity index (χ4n) is 3.65. The highest BCUT2D eigenvalue weighted by atomic mass is 16.5. The van der Waals surface area contributed by atoms with Gasteiger partial charge in [0, 0.05) is 44.8 Å². The van der Waals surface area contributed by atoms with E-state index in [1.165, 1.54) is 11.1 Å². The number of piperazine rings is 1. The number of hydrogen-bond donors (Lipinski definition) is 1. The number of nitrogens with one attached hydrogen (secondary N) is 1. The monoisotopic (exact) mass is 397 g/mol. The summed E-state index contributed by atoms with van der Waals surface area (Å²) in [6.07, 6.45) is 0.850. The average Bonchev–Trinajstić information content (AvgIpc) is 2.74. The summed E-state index contributed by atoms with van der Waals surface area (Å²) >= 11 is 0. The molecule has 6 heteroatoms. The Morgan fingerprint density at radius 2 is 1.83 bits per heavy atom. The summed E-state index contributed by atoms with van der Waals surface area (Å²) in [4.78, 5) is 16.7. The van der Waals surface area contributed by atoms with E-state index in [1.807, 2.05) is 23.1 Å². The largest absolute Gasteiger partial charge is 0.497 e. The van der Waals surface area contributed by atoms with Crippen molar-refractivity contribution in [2.45, 2.75) is 19.9 Å². The summed E-state index contributed by atoms with van der Waals surface area (Å²) < 4.78 is 10.8. The average molecular weight is 398 g/mol. The summed E-state index contributed by atoms with van der Waals surface area (Å²) in [6, 6.07) is 14.3. The minimum atomic E-state index is 0.0243. The molecule has 1 N–H and O–H groups in total. The van der Waals surface area contributed by atoms with Crippen LogP contribution in [-0.4, -0.2) is 62.8 Å². The molecular formula is C23H31N3O3. The van der Waals surface area contributed by atoms with Crippen LogP contribution in [0, 0.1) is 6.92 Å². The summed E-state index contributed by atoms with van der Waals surface area (Å²) in [7, 11) is 3.35. The molecule has 0 saturated carbocycles. The SMILES string of the molecule is COc1ccc(OC)c(CN2CCN(C(=O)NCCc3cccc(C)c3)CC2)c1. The van der Waals surface area contributed by atoms with Gasteiger partial charge in [0.25, 0.3) is 0 Å². The van der Waals surface area contributed by atoms with Gasteiger partial charge < -0.3 is 19.7 Å². The second kappa shape index (κ2) is 10.2. The first kappa shape index (κ1) is 21.0. The highest BCUT2D eigenvalue weighted by Crippen LogP contribution is 2.25. The molecule has 1 aliphatic heterocycles. The number of rotatable bonds is 7. The fourth-order valence-corrected chi connectivity index (χ4v) is 3.65. The van der Waals surface area contributed by atoms with Crippen molar-refractivity contribution in [3.05, 3.63) is 59.2 Å². The maximum Gasteiger partial charge on any atom is 0.317 e. The molecule has 1 fully saturated rings. The number of methoxy groups -OCH3 is 2. The first-order valence-corrected chi connectivity index (χ1v) is 10.1. The first-order chi connectivity index (χ1) is 14.1. The minimum Gasteiger partial charge on any atom is -0.497 e. The Morgan fingerprint density at radius 3 is 2.52 bits per heavy atom. The van der Waals surface area contributed by atoms with E-state index >= 15 is 0 Å². The van der Waals surface area contributed by atoms with Crippen molar-refractivity contribution in [2.24, 2.45) is 0 Å². The highest BCUT2D eigenvalue weighted by molar-refractivity contribution is 5.74. The van der Waals surface area contributed by atoms with Crippen molar-refractivity contribution in [3.8, 4) is 11.5 Å². The number of amides is 2. The van der Waals surface area contributed by atoms with E-state index in [9.17, 15) is 4.79 Å². The summed E-state index contributed by atoms with van der Waals surface area (Å²) in [6.45, 7) is 6.65. The van der Waals surface area contributed by atoms with Crippen LogP contribution in [0.1, 0.15) is 16.7 Å². The van der Waals surface area contributed by atoms with Crippen LogP contribution in [0.4, 0.5) is 4.79 Å². The normalized spacial score (nSPS) is 14.5. The lowest BCUT2D eigenvalue weighted by Gasteiger charge is -2.35. The van der Waals surface area contributed by atoms with Gasteiger partial charge in [-0.25, -0.2) is 4.79 Å². The lowest BCUT2D eigenvalue weighted by molar-refractivity contribution is 0.134. The number of nitrogens with zero attached hydrogens (tertiary/aromatic N) is 2. The number of benzene rings is 2. The van der Waals surface area contributed by atoms with E-state index in [4.69, 9.17) is 9.47 Å². The van der Waals surface area contributed by atoms with Crippen LogP contribution in [0.3, 0.4) is 0 Å². The van der Waals surface area contributed by atoms with Crippen molar-refractivity contribution in [1.29, 1.82) is 0 Å². The van der Waals surface area contributed by atoms with Crippen LogP contribution >= 0.6 is 0 Å². The molecule has 3 rings (SSSR count). The van der Waals surface area contributed by atoms with Gasteiger partial charge in [0.05, 0.1) is 14.2 Å². The van der Waals surface area contributed by atoms with E-state index in [-0.39, 0.29) is 6.03 Å². The van der Waals surface area contributed by atoms with Crippen molar-refractivity contribution >= 4 is 6.03 Å². The lowest BCUT2D eigenvalue weighted by atomic mass is 10.1. The van der Waals surface area contributed by atoms with E-state index in [2.05, 4.69) is 41.4 Å². The Balaban J connectivity index is 1.44. The van der Waals surface area contributed by atoms with Gasteiger partial charge in [0.2, 0.25) is 0 Å². The number of carbonyl (C=O) groups excluding carboxylic acids is 1. The standard InChI is InChI=1S/C23H31N3O3/c1-18-5-4-6-19(15-18)9-10-24-23(27)26-13-11-25(12-14-26)17-20-16-21(28-2)7-8-22(20)29-3/h4-8,15-16H,9-14,17H2,1-3H3,(H,24,27). The highest BCUT2D eigenvalue weighted by Gasteiger charge is 2.21. The van der Waals surface area contributed by atoms with E-state index in [0.717, 1.165) is 56.2 Å². The van der Waals surface area contributed by atoms with Gasteiger partial charge in [0.1, 0.15) is 11.5 Å². The molecule has 0 aromatic heterocycles. The summed E-state index contributed by atoms with van der Waals surface area (Å²) in [5, 5.41) is 3.05. The predicted octanol–water partition coefficient (Wildman–Crippen LogP) is 3.08. The van der Waals surface area contributed by atoms with Crippen LogP contribution in [0.15, 0.2) is 42.5 Å². The smallest absolute Gasteiger partial charge is 0.317 e. The molecule has 0 unspecified atom stereocenters. The predicted molar refractivity (Wildman–Crippen MR) is 115 cm³/mol. The molecule has 0 spiro atoms. The molecule has 0 aliphatic carbocycles. The molecule has 0 radical (unpaired) electrons. The van der Waals surface area contributed by atoms with Gasteiger partial charge in [-0.15, -0.1) is 0 Å². The van der Waals surface area contributed by atoms with Gasteiger partial charge in [-0.2, -0.15) is 0 Å². The number of ether oxygens (including phenoxy) is 2. The van der Waals surface area contributed by atoms with Crippen LogP contribution in [0.5, 0.6) is 11.5 Å². The minimum absolute atomic E-state index is 0.0243. The maximum atomic E-state index is 12.5. The van der Waals surface area contributed by atoms with E-state index in [0.29, 0.717) is 6.54 Å². The van der Waals surface area contributed by atoms with E-state index < -0.39 is 0 Å². The van der Waals surface area contributed by atoms with Crippen molar-refractivity contribution in [1.82, 2.24) is 15.1 Å². The maximum absolute atomic E-state index is 12.5. The van der Waals surface area contributed by atoms with E-state index in [1.54, 1.807) is 14.2 Å². The summed E-state index contributed by atoms with van der Waals surface area (Å²) in [5.74, 6) is 1.69. The molecule has 2 aromatic carbocycles. The van der Waals surface area contributed by atoms with Crippen LogP contribution in [0.2, 0.25) is 0 Å². The summed E-state index contributed by atoms with van der Waals surface area (Å²) in [5.41, 5.74) is 3.60.